The maximum absolute atomic E-state index is 9.63. The Kier molecular flexibility index (Phi) is 4.81. The first-order valence-electron chi connectivity index (χ1n) is 8.47. The predicted octanol–water partition coefficient (Wildman–Crippen LogP) is 3.24. The van der Waals surface area contributed by atoms with Crippen molar-refractivity contribution >= 4 is 5.69 Å². The molecule has 2 N–H and O–H groups in total. The van der Waals surface area contributed by atoms with Crippen LogP contribution >= 0.6 is 0 Å². The summed E-state index contributed by atoms with van der Waals surface area (Å²) in [6.45, 7) is 5.38. The Hall–Kier alpha value is -1.06. The lowest BCUT2D eigenvalue weighted by atomic mass is 10.0. The number of rotatable bonds is 4. The van der Waals surface area contributed by atoms with Crippen LogP contribution in [0.4, 0.5) is 5.69 Å². The van der Waals surface area contributed by atoms with E-state index in [4.69, 9.17) is 0 Å². The number of anilines is 1. The SMILES string of the molecule is CC1CCCC1Nc1ccccc1CN1CCC(O)CC1. The third-order valence-corrected chi connectivity index (χ3v) is 5.17. The van der Waals surface area contributed by atoms with E-state index in [1.807, 2.05) is 0 Å². The van der Waals surface area contributed by atoms with Crippen molar-refractivity contribution in [3.63, 3.8) is 0 Å². The van der Waals surface area contributed by atoms with Gasteiger partial charge >= 0.3 is 0 Å². The average molecular weight is 288 g/mol. The van der Waals surface area contributed by atoms with Crippen molar-refractivity contribution in [1.29, 1.82) is 0 Å². The Labute approximate surface area is 128 Å². The van der Waals surface area contributed by atoms with Crippen LogP contribution in [0.3, 0.4) is 0 Å². The van der Waals surface area contributed by atoms with E-state index in [9.17, 15) is 5.11 Å². The normalized spacial score (nSPS) is 27.9. The second-order valence-electron chi connectivity index (χ2n) is 6.82. The van der Waals surface area contributed by atoms with Gasteiger partial charge in [0.2, 0.25) is 0 Å². The molecule has 1 aliphatic carbocycles. The number of benzene rings is 1. The van der Waals surface area contributed by atoms with E-state index in [1.54, 1.807) is 0 Å². The maximum atomic E-state index is 9.63. The second kappa shape index (κ2) is 6.80. The molecule has 0 spiro atoms. The van der Waals surface area contributed by atoms with Crippen molar-refractivity contribution in [3.8, 4) is 0 Å². The highest BCUT2D eigenvalue weighted by Gasteiger charge is 2.24. The third-order valence-electron chi connectivity index (χ3n) is 5.17. The molecular formula is C18H28N2O. The van der Waals surface area contributed by atoms with Gasteiger partial charge in [-0.15, -0.1) is 0 Å². The third kappa shape index (κ3) is 3.78. The van der Waals surface area contributed by atoms with Crippen LogP contribution < -0.4 is 5.32 Å². The summed E-state index contributed by atoms with van der Waals surface area (Å²) < 4.78 is 0. The number of likely N-dealkylation sites (tertiary alicyclic amines) is 1. The zero-order chi connectivity index (χ0) is 14.7. The molecule has 1 aromatic carbocycles. The number of hydrogen-bond donors (Lipinski definition) is 2. The summed E-state index contributed by atoms with van der Waals surface area (Å²) in [7, 11) is 0. The zero-order valence-corrected chi connectivity index (χ0v) is 13.1. The van der Waals surface area contributed by atoms with Crippen molar-refractivity contribution in [2.75, 3.05) is 18.4 Å². The van der Waals surface area contributed by atoms with E-state index in [-0.39, 0.29) is 6.10 Å². The van der Waals surface area contributed by atoms with Gasteiger partial charge in [-0.05, 0) is 43.2 Å². The first-order valence-corrected chi connectivity index (χ1v) is 8.47. The molecule has 0 bridgehead atoms. The number of para-hydroxylation sites is 1. The Bertz CT molecular complexity index is 454. The molecule has 0 aromatic heterocycles. The highest BCUT2D eigenvalue weighted by atomic mass is 16.3. The summed E-state index contributed by atoms with van der Waals surface area (Å²) in [6.07, 6.45) is 5.74. The fourth-order valence-electron chi connectivity index (χ4n) is 3.68. The van der Waals surface area contributed by atoms with Gasteiger partial charge in [0, 0.05) is 31.4 Å². The molecule has 1 saturated carbocycles. The summed E-state index contributed by atoms with van der Waals surface area (Å²) in [4.78, 5) is 2.46. The van der Waals surface area contributed by atoms with Gasteiger partial charge in [0.15, 0.2) is 0 Å². The summed E-state index contributed by atoms with van der Waals surface area (Å²) in [5.74, 6) is 0.781. The van der Waals surface area contributed by atoms with Crippen LogP contribution in [-0.2, 0) is 6.54 Å². The maximum Gasteiger partial charge on any atom is 0.0564 e. The standard InChI is InChI=1S/C18H28N2O/c1-14-5-4-8-17(14)19-18-7-3-2-6-15(18)13-20-11-9-16(21)10-12-20/h2-3,6-7,14,16-17,19,21H,4-5,8-13H2,1H3. The molecule has 1 aliphatic heterocycles. The van der Waals surface area contributed by atoms with Crippen molar-refractivity contribution < 1.29 is 5.11 Å². The number of nitrogens with one attached hydrogen (secondary N) is 1. The van der Waals surface area contributed by atoms with Crippen molar-refractivity contribution in [3.05, 3.63) is 29.8 Å². The number of hydrogen-bond acceptors (Lipinski definition) is 3. The van der Waals surface area contributed by atoms with E-state index >= 15 is 0 Å². The lowest BCUT2D eigenvalue weighted by Gasteiger charge is -2.30. The molecule has 0 radical (unpaired) electrons. The van der Waals surface area contributed by atoms with Crippen LogP contribution in [-0.4, -0.2) is 35.2 Å². The van der Waals surface area contributed by atoms with Crippen LogP contribution in [0.15, 0.2) is 24.3 Å². The summed E-state index contributed by atoms with van der Waals surface area (Å²) in [6, 6.07) is 9.36. The lowest BCUT2D eigenvalue weighted by molar-refractivity contribution is 0.0793. The Morgan fingerprint density at radius 3 is 2.62 bits per heavy atom. The molecule has 2 atom stereocenters. The first-order chi connectivity index (χ1) is 10.2. The largest absolute Gasteiger partial charge is 0.393 e. The zero-order valence-electron chi connectivity index (χ0n) is 13.1. The molecule has 3 nitrogen and oxygen atoms in total. The van der Waals surface area contributed by atoms with E-state index in [1.165, 1.54) is 30.5 Å². The summed E-state index contributed by atoms with van der Waals surface area (Å²) >= 11 is 0. The fourth-order valence-corrected chi connectivity index (χ4v) is 3.68. The van der Waals surface area contributed by atoms with Crippen LogP contribution in [0.25, 0.3) is 0 Å². The molecule has 116 valence electrons. The minimum Gasteiger partial charge on any atom is -0.393 e. The van der Waals surface area contributed by atoms with Gasteiger partial charge in [-0.25, -0.2) is 0 Å². The van der Waals surface area contributed by atoms with E-state index < -0.39 is 0 Å². The van der Waals surface area contributed by atoms with Crippen molar-refractivity contribution in [2.45, 2.75) is 57.7 Å². The molecule has 2 aliphatic rings. The molecule has 1 heterocycles. The number of aliphatic hydroxyl groups excluding tert-OH is 1. The molecule has 1 saturated heterocycles. The van der Waals surface area contributed by atoms with Gasteiger partial charge in [0.05, 0.1) is 6.10 Å². The van der Waals surface area contributed by atoms with Crippen LogP contribution in [0, 0.1) is 5.92 Å². The average Bonchev–Trinajstić information content (AvgIpc) is 2.89. The van der Waals surface area contributed by atoms with Crippen molar-refractivity contribution in [1.82, 2.24) is 4.90 Å². The molecule has 2 unspecified atom stereocenters. The quantitative estimate of drug-likeness (QED) is 0.893. The molecule has 1 aromatic rings. The van der Waals surface area contributed by atoms with Crippen LogP contribution in [0.1, 0.15) is 44.6 Å². The van der Waals surface area contributed by atoms with Gasteiger partial charge in [0.25, 0.3) is 0 Å². The molecule has 21 heavy (non-hydrogen) atoms. The number of nitrogens with zero attached hydrogens (tertiary/aromatic N) is 1. The highest BCUT2D eigenvalue weighted by molar-refractivity contribution is 5.52. The van der Waals surface area contributed by atoms with E-state index in [0.717, 1.165) is 38.4 Å². The van der Waals surface area contributed by atoms with Crippen molar-refractivity contribution in [2.24, 2.45) is 5.92 Å². The van der Waals surface area contributed by atoms with E-state index in [2.05, 4.69) is 41.4 Å². The van der Waals surface area contributed by atoms with E-state index in [0.29, 0.717) is 6.04 Å². The number of piperidine rings is 1. The minimum atomic E-state index is -0.0889. The fraction of sp³-hybridized carbons (Fsp3) is 0.667. The second-order valence-corrected chi connectivity index (χ2v) is 6.82. The van der Waals surface area contributed by atoms with Gasteiger partial charge in [-0.2, -0.15) is 0 Å². The molecule has 3 rings (SSSR count). The number of aliphatic hydroxyl groups is 1. The monoisotopic (exact) mass is 288 g/mol. The Morgan fingerprint density at radius 1 is 1.14 bits per heavy atom. The highest BCUT2D eigenvalue weighted by Crippen LogP contribution is 2.29. The summed E-state index contributed by atoms with van der Waals surface area (Å²) in [5, 5.41) is 13.4. The van der Waals surface area contributed by atoms with Gasteiger partial charge in [-0.1, -0.05) is 31.5 Å². The Balaban J connectivity index is 1.64. The Morgan fingerprint density at radius 2 is 1.90 bits per heavy atom. The van der Waals surface area contributed by atoms with Crippen LogP contribution in [0.2, 0.25) is 0 Å². The van der Waals surface area contributed by atoms with Gasteiger partial charge in [-0.3, -0.25) is 4.90 Å². The molecular weight excluding hydrogens is 260 g/mol. The minimum absolute atomic E-state index is 0.0889. The predicted molar refractivity (Wildman–Crippen MR) is 87.4 cm³/mol. The molecule has 2 fully saturated rings. The smallest absolute Gasteiger partial charge is 0.0564 e. The lowest BCUT2D eigenvalue weighted by Crippen LogP contribution is -2.35. The molecule has 0 amide bonds. The molecule has 3 heteroatoms. The topological polar surface area (TPSA) is 35.5 Å². The summed E-state index contributed by atoms with van der Waals surface area (Å²) in [5.41, 5.74) is 2.70. The van der Waals surface area contributed by atoms with Gasteiger partial charge < -0.3 is 10.4 Å². The van der Waals surface area contributed by atoms with Crippen LogP contribution in [0.5, 0.6) is 0 Å². The van der Waals surface area contributed by atoms with Gasteiger partial charge in [0.1, 0.15) is 0 Å². The first kappa shape index (κ1) is 14.9.